The van der Waals surface area contributed by atoms with E-state index in [1.165, 1.54) is 38.5 Å². The monoisotopic (exact) mass is 888 g/mol. The fourth-order valence-electron chi connectivity index (χ4n) is 9.44. The maximum absolute atomic E-state index is 6.84. The number of rotatable bonds is 7. The van der Waals surface area contributed by atoms with Crippen molar-refractivity contribution in [3.63, 3.8) is 0 Å². The first-order valence-electron chi connectivity index (χ1n) is 23.6. The Kier molecular flexibility index (Phi) is 10.0. The summed E-state index contributed by atoms with van der Waals surface area (Å²) >= 11 is 0. The SMILES string of the molecule is CC(C)(C)c1cc(-[n+]2[c-]n(-c3cccc(Oc4ccc5c6cc(-n7c8ccccc8c8ccccc87)ccc6n(-c6cc(C(C)(C)C)ccn6)c5c4)c3)c(-c3ccccc3)n2)cc(C(C)(C)C)c1. The van der Waals surface area contributed by atoms with Crippen molar-refractivity contribution in [1.82, 2.24) is 23.8 Å². The molecular weight excluding hydrogens is 833 g/mol. The first-order valence-corrected chi connectivity index (χ1v) is 23.6. The van der Waals surface area contributed by atoms with Crippen LogP contribution < -0.4 is 9.42 Å². The largest absolute Gasteiger partial charge is 0.458 e. The van der Waals surface area contributed by atoms with Crippen LogP contribution in [0.5, 0.6) is 11.5 Å². The highest BCUT2D eigenvalue weighted by Crippen LogP contribution is 2.39. The fourth-order valence-corrected chi connectivity index (χ4v) is 9.44. The van der Waals surface area contributed by atoms with Gasteiger partial charge in [-0.25, -0.2) is 4.98 Å². The minimum atomic E-state index is -0.0579. The summed E-state index contributed by atoms with van der Waals surface area (Å²) < 4.78 is 15.4. The molecule has 0 spiro atoms. The number of hydrogen-bond donors (Lipinski definition) is 0. The third kappa shape index (κ3) is 7.62. The number of ether oxygens (including phenoxy) is 1. The summed E-state index contributed by atoms with van der Waals surface area (Å²) in [5.41, 5.74) is 11.9. The Bertz CT molecular complexity index is 3630. The van der Waals surface area contributed by atoms with E-state index < -0.39 is 0 Å². The highest BCUT2D eigenvalue weighted by Gasteiger charge is 2.24. The molecule has 0 unspecified atom stereocenters. The van der Waals surface area contributed by atoms with E-state index in [-0.39, 0.29) is 16.2 Å². The van der Waals surface area contributed by atoms with Crippen LogP contribution in [0.4, 0.5) is 0 Å². The van der Waals surface area contributed by atoms with Gasteiger partial charge in [0.1, 0.15) is 17.3 Å². The predicted octanol–water partition coefficient (Wildman–Crippen LogP) is 14.9. The third-order valence-corrected chi connectivity index (χ3v) is 13.2. The molecule has 0 N–H and O–H groups in total. The van der Waals surface area contributed by atoms with Gasteiger partial charge in [0.25, 0.3) is 6.33 Å². The zero-order valence-electron chi connectivity index (χ0n) is 40.3. The first-order chi connectivity index (χ1) is 32.6. The number of fused-ring (bicyclic) bond motifs is 6. The molecule has 68 heavy (non-hydrogen) atoms. The molecule has 11 rings (SSSR count). The molecular formula is C61H56N6O. The van der Waals surface area contributed by atoms with Crippen molar-refractivity contribution in [3.05, 3.63) is 199 Å². The van der Waals surface area contributed by atoms with Crippen molar-refractivity contribution < 1.29 is 9.42 Å². The van der Waals surface area contributed by atoms with Crippen molar-refractivity contribution in [3.8, 4) is 45.8 Å². The van der Waals surface area contributed by atoms with Gasteiger partial charge in [-0.15, -0.1) is 5.10 Å². The quantitative estimate of drug-likeness (QED) is 0.118. The lowest BCUT2D eigenvalue weighted by Crippen LogP contribution is -2.34. The summed E-state index contributed by atoms with van der Waals surface area (Å²) in [6.45, 7) is 20.3. The van der Waals surface area contributed by atoms with Crippen molar-refractivity contribution in [2.75, 3.05) is 0 Å². The molecule has 0 atom stereocenters. The van der Waals surface area contributed by atoms with E-state index in [9.17, 15) is 0 Å². The van der Waals surface area contributed by atoms with E-state index in [4.69, 9.17) is 14.8 Å². The van der Waals surface area contributed by atoms with E-state index in [0.717, 1.165) is 61.8 Å². The van der Waals surface area contributed by atoms with Crippen molar-refractivity contribution >= 4 is 43.6 Å². The minimum absolute atomic E-state index is 0.0478. The fraction of sp³-hybridized carbons (Fsp3) is 0.197. The average molecular weight is 889 g/mol. The molecule has 0 aliphatic heterocycles. The van der Waals surface area contributed by atoms with Crippen LogP contribution >= 0.6 is 0 Å². The number of hydrogen-bond acceptors (Lipinski definition) is 3. The number of benzene rings is 7. The number of aromatic nitrogens is 6. The summed E-state index contributed by atoms with van der Waals surface area (Å²) in [6.07, 6.45) is 5.56. The van der Waals surface area contributed by atoms with Crippen LogP contribution in [0.15, 0.2) is 176 Å². The highest BCUT2D eigenvalue weighted by atomic mass is 16.5. The molecule has 7 heteroatoms. The lowest BCUT2D eigenvalue weighted by Gasteiger charge is -2.26. The molecule has 0 amide bonds. The van der Waals surface area contributed by atoms with Gasteiger partial charge >= 0.3 is 0 Å². The number of para-hydroxylation sites is 2. The Hall–Kier alpha value is -7.77. The molecule has 7 aromatic carbocycles. The topological polar surface area (TPSA) is 53.7 Å². The standard InChI is InChI=1S/C61H56N6O/c1-59(2,3)41-30-31-62-57(35-41)67-55-29-26-45(66-53-24-15-13-22-49(53)50-23-14-16-25-54(50)66)37-52(55)51-28-27-48(38-56(51)67)68-47-21-17-20-44(36-47)64-39-65(63-58(64)40-18-11-10-12-19-40)46-33-42(60(4,5)6)32-43(34-46)61(7,8)9/h10-38H,1-9H3. The van der Waals surface area contributed by atoms with Crippen molar-refractivity contribution in [2.24, 2.45) is 0 Å². The second kappa shape index (κ2) is 15.9. The van der Waals surface area contributed by atoms with Crippen LogP contribution in [0, 0.1) is 6.33 Å². The zero-order chi connectivity index (χ0) is 47.1. The van der Waals surface area contributed by atoms with Crippen LogP contribution in [-0.4, -0.2) is 23.8 Å². The normalized spacial score (nSPS) is 12.5. The van der Waals surface area contributed by atoms with Crippen LogP contribution in [-0.2, 0) is 16.2 Å². The number of pyridine rings is 1. The van der Waals surface area contributed by atoms with Crippen molar-refractivity contribution in [1.29, 1.82) is 0 Å². The summed E-state index contributed by atoms with van der Waals surface area (Å²) in [7, 11) is 0. The summed E-state index contributed by atoms with van der Waals surface area (Å²) in [4.78, 5) is 5.00. The van der Waals surface area contributed by atoms with Gasteiger partial charge in [-0.1, -0.05) is 159 Å². The van der Waals surface area contributed by atoms with Gasteiger partial charge in [-0.3, -0.25) is 9.13 Å². The zero-order valence-corrected chi connectivity index (χ0v) is 40.3. The lowest BCUT2D eigenvalue weighted by atomic mass is 9.80. The molecule has 7 nitrogen and oxygen atoms in total. The van der Waals surface area contributed by atoms with Crippen LogP contribution in [0.2, 0.25) is 0 Å². The minimum Gasteiger partial charge on any atom is -0.458 e. The Morgan fingerprint density at radius 2 is 1.07 bits per heavy atom. The Morgan fingerprint density at radius 3 is 1.75 bits per heavy atom. The van der Waals surface area contributed by atoms with Gasteiger partial charge in [-0.05, 0) is 99.7 Å². The van der Waals surface area contributed by atoms with Crippen LogP contribution in [0.1, 0.15) is 79.0 Å². The molecule has 11 aromatic rings. The predicted molar refractivity (Wildman–Crippen MR) is 278 cm³/mol. The van der Waals surface area contributed by atoms with Gasteiger partial charge < -0.3 is 9.30 Å². The molecule has 4 heterocycles. The Labute approximate surface area is 398 Å². The summed E-state index contributed by atoms with van der Waals surface area (Å²) in [6, 6.07) is 60.2. The smallest absolute Gasteiger partial charge is 0.273 e. The Balaban J connectivity index is 1.03. The molecule has 4 aromatic heterocycles. The van der Waals surface area contributed by atoms with Crippen molar-refractivity contribution in [2.45, 2.75) is 78.6 Å². The maximum atomic E-state index is 6.84. The van der Waals surface area contributed by atoms with Gasteiger partial charge in [0.2, 0.25) is 0 Å². The van der Waals surface area contributed by atoms with Gasteiger partial charge in [0.15, 0.2) is 5.82 Å². The van der Waals surface area contributed by atoms with E-state index in [0.29, 0.717) is 5.75 Å². The van der Waals surface area contributed by atoms with Crippen LogP contribution in [0.25, 0.3) is 77.9 Å². The van der Waals surface area contributed by atoms with Gasteiger partial charge in [0, 0.05) is 45.1 Å². The second-order valence-corrected chi connectivity index (χ2v) is 21.1. The van der Waals surface area contributed by atoms with E-state index in [2.05, 4.69) is 217 Å². The number of nitrogens with zero attached hydrogens (tertiary/aromatic N) is 6. The molecule has 0 bridgehead atoms. The van der Waals surface area contributed by atoms with E-state index >= 15 is 0 Å². The molecule has 0 fully saturated rings. The Morgan fingerprint density at radius 1 is 0.456 bits per heavy atom. The molecule has 0 saturated carbocycles. The maximum Gasteiger partial charge on any atom is 0.273 e. The lowest BCUT2D eigenvalue weighted by molar-refractivity contribution is -0.660. The molecule has 0 aliphatic carbocycles. The molecule has 0 saturated heterocycles. The molecule has 0 aliphatic rings. The van der Waals surface area contributed by atoms with Gasteiger partial charge in [0.05, 0.1) is 33.4 Å². The van der Waals surface area contributed by atoms with E-state index in [1.807, 2.05) is 45.8 Å². The van der Waals surface area contributed by atoms with Crippen LogP contribution in [0.3, 0.4) is 0 Å². The summed E-state index contributed by atoms with van der Waals surface area (Å²) in [5.74, 6) is 3.05. The summed E-state index contributed by atoms with van der Waals surface area (Å²) in [5, 5.41) is 9.95. The van der Waals surface area contributed by atoms with Gasteiger partial charge in [-0.2, -0.15) is 4.68 Å². The first kappa shape index (κ1) is 42.8. The molecule has 0 radical (unpaired) electrons. The van der Waals surface area contributed by atoms with E-state index in [1.54, 1.807) is 0 Å². The average Bonchev–Trinajstić information content (AvgIpc) is 4.02. The highest BCUT2D eigenvalue weighted by molar-refractivity contribution is 6.12. The third-order valence-electron chi connectivity index (χ3n) is 13.2. The second-order valence-electron chi connectivity index (χ2n) is 21.1. The molecule has 336 valence electrons.